The highest BCUT2D eigenvalue weighted by Gasteiger charge is 2.27. The molecular weight excluding hydrogens is 326 g/mol. The Balaban J connectivity index is 2.14. The first-order valence-electron chi connectivity index (χ1n) is 6.79. The third-order valence-electron chi connectivity index (χ3n) is 4.09. The van der Waals surface area contributed by atoms with Crippen molar-refractivity contribution < 1.29 is 0 Å². The van der Waals surface area contributed by atoms with Crippen LogP contribution in [0.25, 0.3) is 11.2 Å². The van der Waals surface area contributed by atoms with Crippen LogP contribution in [0, 0.1) is 5.92 Å². The summed E-state index contributed by atoms with van der Waals surface area (Å²) in [6.07, 6.45) is 6.94. The average Bonchev–Trinajstić information content (AvgIpc) is 2.76. The Bertz CT molecular complexity index is 596. The Kier molecular flexibility index (Phi) is 3.81. The van der Waals surface area contributed by atoms with Crippen molar-refractivity contribution in [3.05, 3.63) is 22.6 Å². The normalized spacial score (nSPS) is 23.9. The van der Waals surface area contributed by atoms with Gasteiger partial charge in [0.1, 0.15) is 11.3 Å². The summed E-state index contributed by atoms with van der Waals surface area (Å²) in [4.78, 5) is 9.19. The molecule has 2 aromatic rings. The van der Waals surface area contributed by atoms with Crippen LogP contribution in [-0.2, 0) is 5.88 Å². The van der Waals surface area contributed by atoms with Gasteiger partial charge < -0.3 is 4.57 Å². The quantitative estimate of drug-likeness (QED) is 0.742. The third-order valence-corrected chi connectivity index (χ3v) is 4.76. The molecule has 0 radical (unpaired) electrons. The lowest BCUT2D eigenvalue weighted by molar-refractivity contribution is 0.258. The Morgan fingerprint density at radius 2 is 2.21 bits per heavy atom. The molecule has 5 heteroatoms. The third kappa shape index (κ3) is 2.40. The van der Waals surface area contributed by atoms with Crippen molar-refractivity contribution in [2.45, 2.75) is 44.5 Å². The lowest BCUT2D eigenvalue weighted by atomic mass is 9.85. The molecule has 19 heavy (non-hydrogen) atoms. The van der Waals surface area contributed by atoms with E-state index in [0.29, 0.717) is 17.8 Å². The molecule has 2 heterocycles. The van der Waals surface area contributed by atoms with Gasteiger partial charge >= 0.3 is 0 Å². The Hall–Kier alpha value is -0.610. The molecule has 3 rings (SSSR count). The largest absolute Gasteiger partial charge is 0.308 e. The topological polar surface area (TPSA) is 30.7 Å². The van der Waals surface area contributed by atoms with Gasteiger partial charge in [-0.1, -0.05) is 19.8 Å². The van der Waals surface area contributed by atoms with E-state index in [2.05, 4.69) is 37.4 Å². The molecule has 1 saturated carbocycles. The van der Waals surface area contributed by atoms with Crippen molar-refractivity contribution >= 4 is 38.7 Å². The average molecular weight is 343 g/mol. The number of imidazole rings is 1. The van der Waals surface area contributed by atoms with E-state index in [1.807, 2.05) is 12.3 Å². The van der Waals surface area contributed by atoms with Crippen molar-refractivity contribution in [1.82, 2.24) is 14.5 Å². The molecule has 2 atom stereocenters. The minimum atomic E-state index is 0.442. The number of hydrogen-bond acceptors (Lipinski definition) is 2. The van der Waals surface area contributed by atoms with Crippen molar-refractivity contribution in [1.29, 1.82) is 0 Å². The second-order valence-electron chi connectivity index (χ2n) is 5.36. The van der Waals surface area contributed by atoms with Crippen LogP contribution in [0.5, 0.6) is 0 Å². The Labute approximate surface area is 126 Å². The summed E-state index contributed by atoms with van der Waals surface area (Å²) in [6, 6.07) is 2.50. The number of fused-ring (bicyclic) bond motifs is 1. The van der Waals surface area contributed by atoms with Gasteiger partial charge in [-0.05, 0) is 40.8 Å². The number of hydrogen-bond donors (Lipinski definition) is 0. The summed E-state index contributed by atoms with van der Waals surface area (Å²) in [7, 11) is 0. The van der Waals surface area contributed by atoms with Crippen molar-refractivity contribution in [2.75, 3.05) is 0 Å². The van der Waals surface area contributed by atoms with Crippen LogP contribution in [0.2, 0.25) is 0 Å². The van der Waals surface area contributed by atoms with Crippen LogP contribution in [0.1, 0.15) is 44.5 Å². The summed E-state index contributed by atoms with van der Waals surface area (Å²) in [6.45, 7) is 2.33. The first-order valence-corrected chi connectivity index (χ1v) is 8.11. The van der Waals surface area contributed by atoms with Crippen LogP contribution < -0.4 is 0 Å². The highest BCUT2D eigenvalue weighted by atomic mass is 79.9. The number of halogens is 2. The molecule has 0 aliphatic heterocycles. The number of rotatable bonds is 2. The zero-order valence-corrected chi connectivity index (χ0v) is 13.3. The Morgan fingerprint density at radius 3 is 2.95 bits per heavy atom. The highest BCUT2D eigenvalue weighted by molar-refractivity contribution is 9.10. The molecule has 0 amide bonds. The summed E-state index contributed by atoms with van der Waals surface area (Å²) < 4.78 is 3.24. The fraction of sp³-hybridized carbons (Fsp3) is 0.571. The van der Waals surface area contributed by atoms with Gasteiger partial charge in [-0.25, -0.2) is 9.97 Å². The number of pyridine rings is 1. The molecule has 2 aromatic heterocycles. The van der Waals surface area contributed by atoms with Gasteiger partial charge in [0, 0.05) is 16.7 Å². The van der Waals surface area contributed by atoms with Gasteiger partial charge in [0.25, 0.3) is 0 Å². The number of nitrogens with zero attached hydrogens (tertiary/aromatic N) is 3. The maximum Gasteiger partial charge on any atom is 0.160 e. The van der Waals surface area contributed by atoms with Gasteiger partial charge in [-0.3, -0.25) is 0 Å². The summed E-state index contributed by atoms with van der Waals surface area (Å²) in [5.41, 5.74) is 1.90. The first kappa shape index (κ1) is 13.4. The zero-order valence-electron chi connectivity index (χ0n) is 10.9. The predicted octanol–water partition coefficient (Wildman–Crippen LogP) is 4.68. The minimum Gasteiger partial charge on any atom is -0.308 e. The minimum absolute atomic E-state index is 0.442. The molecule has 0 spiro atoms. The first-order chi connectivity index (χ1) is 9.20. The van der Waals surface area contributed by atoms with Crippen LogP contribution in [0.3, 0.4) is 0 Å². The van der Waals surface area contributed by atoms with Gasteiger partial charge in [0.15, 0.2) is 5.65 Å². The molecule has 2 unspecified atom stereocenters. The second kappa shape index (κ2) is 5.41. The SMILES string of the molecule is CC1CCCCC1n1c(CCl)nc2cc(Br)cnc21. The monoisotopic (exact) mass is 341 g/mol. The van der Waals surface area contributed by atoms with Crippen LogP contribution in [0.4, 0.5) is 0 Å². The van der Waals surface area contributed by atoms with E-state index in [1.54, 1.807) is 0 Å². The van der Waals surface area contributed by atoms with Crippen LogP contribution >= 0.6 is 27.5 Å². The van der Waals surface area contributed by atoms with Gasteiger partial charge in [-0.15, -0.1) is 11.6 Å². The summed E-state index contributed by atoms with van der Waals surface area (Å²) in [5, 5.41) is 0. The number of aromatic nitrogens is 3. The van der Waals surface area contributed by atoms with Crippen molar-refractivity contribution in [2.24, 2.45) is 5.92 Å². The fourth-order valence-corrected chi connectivity index (χ4v) is 3.64. The van der Waals surface area contributed by atoms with E-state index in [1.165, 1.54) is 25.7 Å². The smallest absolute Gasteiger partial charge is 0.160 e. The molecule has 1 fully saturated rings. The van der Waals surface area contributed by atoms with E-state index in [0.717, 1.165) is 21.5 Å². The molecule has 0 saturated heterocycles. The Morgan fingerprint density at radius 1 is 1.42 bits per heavy atom. The molecule has 1 aliphatic rings. The second-order valence-corrected chi connectivity index (χ2v) is 6.54. The molecule has 3 nitrogen and oxygen atoms in total. The lowest BCUT2D eigenvalue weighted by Crippen LogP contribution is -2.22. The van der Waals surface area contributed by atoms with Crippen LogP contribution in [0.15, 0.2) is 16.7 Å². The van der Waals surface area contributed by atoms with Crippen molar-refractivity contribution in [3.8, 4) is 0 Å². The highest BCUT2D eigenvalue weighted by Crippen LogP contribution is 2.36. The van der Waals surface area contributed by atoms with Gasteiger partial charge in [0.05, 0.1) is 5.88 Å². The molecular formula is C14H17BrClN3. The van der Waals surface area contributed by atoms with E-state index in [9.17, 15) is 0 Å². The predicted molar refractivity (Wildman–Crippen MR) is 81.5 cm³/mol. The van der Waals surface area contributed by atoms with E-state index >= 15 is 0 Å². The van der Waals surface area contributed by atoms with E-state index in [-0.39, 0.29) is 0 Å². The standard InChI is InChI=1S/C14H17BrClN3/c1-9-4-2-3-5-12(9)19-13(7-16)18-11-6-10(15)8-17-14(11)19/h6,8-9,12H,2-5,7H2,1H3. The molecule has 1 aliphatic carbocycles. The lowest BCUT2D eigenvalue weighted by Gasteiger charge is -2.31. The maximum atomic E-state index is 6.09. The molecule has 0 aromatic carbocycles. The molecule has 0 N–H and O–H groups in total. The molecule has 0 bridgehead atoms. The summed E-state index contributed by atoms with van der Waals surface area (Å²) >= 11 is 9.54. The number of alkyl halides is 1. The summed E-state index contributed by atoms with van der Waals surface area (Å²) in [5.74, 6) is 2.05. The maximum absolute atomic E-state index is 6.09. The molecule has 102 valence electrons. The van der Waals surface area contributed by atoms with Crippen molar-refractivity contribution in [3.63, 3.8) is 0 Å². The zero-order chi connectivity index (χ0) is 13.4. The van der Waals surface area contributed by atoms with Gasteiger partial charge in [0.2, 0.25) is 0 Å². The fourth-order valence-electron chi connectivity index (χ4n) is 3.13. The van der Waals surface area contributed by atoms with Crippen LogP contribution in [-0.4, -0.2) is 14.5 Å². The van der Waals surface area contributed by atoms with Gasteiger partial charge in [-0.2, -0.15) is 0 Å². The van der Waals surface area contributed by atoms with E-state index in [4.69, 9.17) is 11.6 Å². The van der Waals surface area contributed by atoms with E-state index < -0.39 is 0 Å².